The number of ether oxygens (including phenoxy) is 1. The number of carbonyl (C=O) groups excluding carboxylic acids is 1. The minimum Gasteiger partial charge on any atom is -0.496 e. The number of nitrogens with zero attached hydrogens (tertiary/aromatic N) is 1. The quantitative estimate of drug-likeness (QED) is 0.846. The zero-order valence-corrected chi connectivity index (χ0v) is 17.4. The maximum absolute atomic E-state index is 13.2. The van der Waals surface area contributed by atoms with Gasteiger partial charge in [0.1, 0.15) is 17.5 Å². The number of nitrogens with one attached hydrogen (secondary N) is 1. The Bertz CT molecular complexity index is 911. The number of hydrogen-bond donors (Lipinski definition) is 1. The monoisotopic (exact) mass is 380 g/mol. The van der Waals surface area contributed by atoms with Gasteiger partial charge in [-0.15, -0.1) is 0 Å². The summed E-state index contributed by atoms with van der Waals surface area (Å²) in [7, 11) is 1.62. The first-order chi connectivity index (χ1) is 13.3. The van der Waals surface area contributed by atoms with Crippen molar-refractivity contribution < 1.29 is 14.4 Å². The molecule has 0 saturated heterocycles. The molecule has 1 atom stereocenters. The van der Waals surface area contributed by atoms with Crippen LogP contribution in [-0.2, 0) is 11.3 Å². The van der Waals surface area contributed by atoms with Gasteiger partial charge in [0.25, 0.3) is 5.91 Å². The van der Waals surface area contributed by atoms with Crippen molar-refractivity contribution in [3.63, 3.8) is 0 Å². The summed E-state index contributed by atoms with van der Waals surface area (Å²) in [6.45, 7) is 9.98. The van der Waals surface area contributed by atoms with Gasteiger partial charge in [-0.1, -0.05) is 35.3 Å². The highest BCUT2D eigenvalue weighted by molar-refractivity contribution is 6.09. The molecule has 0 bridgehead atoms. The summed E-state index contributed by atoms with van der Waals surface area (Å²) >= 11 is 0. The van der Waals surface area contributed by atoms with E-state index in [1.807, 2.05) is 39.0 Å². The predicted octanol–water partition coefficient (Wildman–Crippen LogP) is 4.19. The highest BCUT2D eigenvalue weighted by Crippen LogP contribution is 2.29. The molecule has 3 rings (SSSR count). The first-order valence-electron chi connectivity index (χ1n) is 9.58. The van der Waals surface area contributed by atoms with E-state index in [-0.39, 0.29) is 11.9 Å². The Kier molecular flexibility index (Phi) is 5.45. The molecule has 1 heterocycles. The molecule has 1 aliphatic rings. The van der Waals surface area contributed by atoms with Gasteiger partial charge >= 0.3 is 0 Å². The fourth-order valence-electron chi connectivity index (χ4n) is 3.73. The maximum atomic E-state index is 13.2. The first kappa shape index (κ1) is 19.9. The summed E-state index contributed by atoms with van der Waals surface area (Å²) < 4.78 is 5.43. The van der Waals surface area contributed by atoms with Crippen LogP contribution in [0.25, 0.3) is 0 Å². The Balaban J connectivity index is 1.95. The summed E-state index contributed by atoms with van der Waals surface area (Å²) in [4.78, 5) is 18.9. The van der Waals surface area contributed by atoms with Gasteiger partial charge in [0.05, 0.1) is 7.11 Å². The molecule has 1 aliphatic heterocycles. The standard InChI is InChI=1S/C23H28N2O3/c1-7-17-18(9-8-10-19(17)27-6)22(26)24-21-20(25-28-23(21,4)5)16-12-14(2)11-15(3)13-16/h8-13,21H,7H2,1-6H3,(H,24,26). The average molecular weight is 380 g/mol. The lowest BCUT2D eigenvalue weighted by Gasteiger charge is -2.27. The normalized spacial score (nSPS) is 17.6. The van der Waals surface area contributed by atoms with Crippen molar-refractivity contribution in [3.05, 3.63) is 64.2 Å². The van der Waals surface area contributed by atoms with Gasteiger partial charge < -0.3 is 14.9 Å². The molecule has 0 radical (unpaired) electrons. The Morgan fingerprint density at radius 1 is 1.21 bits per heavy atom. The second-order valence-electron chi connectivity index (χ2n) is 7.79. The van der Waals surface area contributed by atoms with Gasteiger partial charge in [-0.05, 0) is 58.4 Å². The van der Waals surface area contributed by atoms with E-state index in [1.165, 1.54) is 0 Å². The Morgan fingerprint density at radius 2 is 1.89 bits per heavy atom. The van der Waals surface area contributed by atoms with Crippen LogP contribution in [-0.4, -0.2) is 30.4 Å². The molecule has 1 amide bonds. The molecular formula is C23H28N2O3. The molecule has 0 fully saturated rings. The zero-order chi connectivity index (χ0) is 20.5. The largest absolute Gasteiger partial charge is 0.496 e. The van der Waals surface area contributed by atoms with Crippen molar-refractivity contribution in [3.8, 4) is 5.75 Å². The van der Waals surface area contributed by atoms with E-state index in [1.54, 1.807) is 7.11 Å². The van der Waals surface area contributed by atoms with Crippen LogP contribution in [0.1, 0.15) is 53.4 Å². The lowest BCUT2D eigenvalue weighted by atomic mass is 9.89. The Labute approximate surface area is 166 Å². The lowest BCUT2D eigenvalue weighted by molar-refractivity contribution is -0.00291. The summed E-state index contributed by atoms with van der Waals surface area (Å²) in [5, 5.41) is 7.47. The molecule has 148 valence electrons. The summed E-state index contributed by atoms with van der Waals surface area (Å²) in [6.07, 6.45) is 0.704. The van der Waals surface area contributed by atoms with Crippen LogP contribution in [0.2, 0.25) is 0 Å². The van der Waals surface area contributed by atoms with Crippen molar-refractivity contribution in [1.82, 2.24) is 5.32 Å². The highest BCUT2D eigenvalue weighted by Gasteiger charge is 2.43. The Hall–Kier alpha value is -2.82. The molecule has 5 nitrogen and oxygen atoms in total. The number of hydrogen-bond acceptors (Lipinski definition) is 4. The molecule has 0 saturated carbocycles. The number of rotatable bonds is 5. The summed E-state index contributed by atoms with van der Waals surface area (Å²) in [5.41, 5.74) is 4.87. The number of amides is 1. The fraction of sp³-hybridized carbons (Fsp3) is 0.391. The predicted molar refractivity (Wildman–Crippen MR) is 111 cm³/mol. The third-order valence-electron chi connectivity index (χ3n) is 5.09. The number of benzene rings is 2. The van der Waals surface area contributed by atoms with Crippen molar-refractivity contribution in [2.24, 2.45) is 5.16 Å². The second kappa shape index (κ2) is 7.66. The van der Waals surface area contributed by atoms with Crippen LogP contribution in [0, 0.1) is 13.8 Å². The molecule has 28 heavy (non-hydrogen) atoms. The van der Waals surface area contributed by atoms with E-state index in [2.05, 4.69) is 42.5 Å². The molecule has 5 heteroatoms. The van der Waals surface area contributed by atoms with Gasteiger partial charge in [0, 0.05) is 16.7 Å². The Morgan fingerprint density at radius 3 is 2.50 bits per heavy atom. The van der Waals surface area contributed by atoms with Crippen LogP contribution >= 0.6 is 0 Å². The maximum Gasteiger partial charge on any atom is 0.252 e. The van der Waals surface area contributed by atoms with E-state index >= 15 is 0 Å². The molecule has 0 aromatic heterocycles. The van der Waals surface area contributed by atoms with Gasteiger partial charge in [-0.25, -0.2) is 0 Å². The molecule has 0 aliphatic carbocycles. The third kappa shape index (κ3) is 3.75. The molecule has 1 N–H and O–H groups in total. The van der Waals surface area contributed by atoms with E-state index in [9.17, 15) is 4.79 Å². The third-order valence-corrected chi connectivity index (χ3v) is 5.09. The van der Waals surface area contributed by atoms with Crippen LogP contribution < -0.4 is 10.1 Å². The summed E-state index contributed by atoms with van der Waals surface area (Å²) in [6, 6.07) is 11.4. The minimum atomic E-state index is -0.645. The van der Waals surface area contributed by atoms with Crippen LogP contribution in [0.5, 0.6) is 5.75 Å². The zero-order valence-electron chi connectivity index (χ0n) is 17.4. The van der Waals surface area contributed by atoms with Gasteiger partial charge in [-0.2, -0.15) is 0 Å². The molecular weight excluding hydrogens is 352 g/mol. The van der Waals surface area contributed by atoms with E-state index in [4.69, 9.17) is 9.57 Å². The smallest absolute Gasteiger partial charge is 0.252 e. The number of carbonyl (C=O) groups is 1. The van der Waals surface area contributed by atoms with Crippen molar-refractivity contribution >= 4 is 11.6 Å². The van der Waals surface area contributed by atoms with Gasteiger partial charge in [-0.3, -0.25) is 4.79 Å². The SMILES string of the molecule is CCc1c(OC)cccc1C(=O)NC1C(c2cc(C)cc(C)c2)=NOC1(C)C. The minimum absolute atomic E-state index is 0.156. The lowest BCUT2D eigenvalue weighted by Crippen LogP contribution is -2.51. The van der Waals surface area contributed by atoms with Crippen molar-refractivity contribution in [2.75, 3.05) is 7.11 Å². The molecule has 1 unspecified atom stereocenters. The van der Waals surface area contributed by atoms with Crippen molar-refractivity contribution in [1.29, 1.82) is 0 Å². The molecule has 0 spiro atoms. The first-order valence-corrected chi connectivity index (χ1v) is 9.58. The van der Waals surface area contributed by atoms with Crippen molar-refractivity contribution in [2.45, 2.75) is 52.7 Å². The number of oxime groups is 1. The topological polar surface area (TPSA) is 59.9 Å². The van der Waals surface area contributed by atoms with E-state index in [0.717, 1.165) is 33.7 Å². The van der Waals surface area contributed by atoms with Crippen LogP contribution in [0.15, 0.2) is 41.6 Å². The highest BCUT2D eigenvalue weighted by atomic mass is 16.7. The average Bonchev–Trinajstić information content (AvgIpc) is 2.94. The molecule has 2 aromatic rings. The number of methoxy groups -OCH3 is 1. The summed E-state index contributed by atoms with van der Waals surface area (Å²) in [5.74, 6) is 0.566. The van der Waals surface area contributed by atoms with E-state index < -0.39 is 5.60 Å². The van der Waals surface area contributed by atoms with E-state index in [0.29, 0.717) is 12.0 Å². The van der Waals surface area contributed by atoms with Crippen LogP contribution in [0.3, 0.4) is 0 Å². The fourth-order valence-corrected chi connectivity index (χ4v) is 3.73. The van der Waals surface area contributed by atoms with Crippen LogP contribution in [0.4, 0.5) is 0 Å². The van der Waals surface area contributed by atoms with Gasteiger partial charge in [0.15, 0.2) is 5.60 Å². The number of aryl methyl sites for hydroxylation is 2. The second-order valence-corrected chi connectivity index (χ2v) is 7.79. The van der Waals surface area contributed by atoms with Gasteiger partial charge in [0.2, 0.25) is 0 Å². The molecule has 2 aromatic carbocycles.